The summed E-state index contributed by atoms with van der Waals surface area (Å²) in [4.78, 5) is 29.6. The standard InChI is InChI=1S/C20H15ClN4O2S/c1-12-7-8-14(21)9-15(12)23-16(26)10-25-11-22-18-17(13-5-3-2-4-6-13)24-28-19(18)20(25)27/h2-9,11H,10H2,1H3,(H,23,26). The molecule has 140 valence electrons. The molecule has 1 amide bonds. The molecule has 0 spiro atoms. The zero-order chi connectivity index (χ0) is 19.7. The van der Waals surface area contributed by atoms with E-state index in [-0.39, 0.29) is 18.0 Å². The van der Waals surface area contributed by atoms with Crippen molar-refractivity contribution in [2.45, 2.75) is 13.5 Å². The molecule has 1 N–H and O–H groups in total. The number of fused-ring (bicyclic) bond motifs is 1. The second kappa shape index (κ2) is 7.53. The van der Waals surface area contributed by atoms with Gasteiger partial charge in [0.25, 0.3) is 5.56 Å². The summed E-state index contributed by atoms with van der Waals surface area (Å²) in [5.74, 6) is -0.332. The number of anilines is 1. The van der Waals surface area contributed by atoms with Gasteiger partial charge in [-0.25, -0.2) is 4.98 Å². The van der Waals surface area contributed by atoms with Crippen molar-refractivity contribution < 1.29 is 4.79 Å². The third-order valence-corrected chi connectivity index (χ3v) is 5.34. The van der Waals surface area contributed by atoms with Crippen molar-refractivity contribution in [1.82, 2.24) is 13.9 Å². The average molecular weight is 411 g/mol. The summed E-state index contributed by atoms with van der Waals surface area (Å²) in [6, 6.07) is 14.8. The first-order chi connectivity index (χ1) is 13.5. The summed E-state index contributed by atoms with van der Waals surface area (Å²) in [5, 5.41) is 3.31. The van der Waals surface area contributed by atoms with Crippen molar-refractivity contribution in [2.24, 2.45) is 0 Å². The van der Waals surface area contributed by atoms with Crippen LogP contribution in [0.2, 0.25) is 5.02 Å². The molecule has 8 heteroatoms. The van der Waals surface area contributed by atoms with E-state index in [1.165, 1.54) is 10.9 Å². The molecule has 28 heavy (non-hydrogen) atoms. The zero-order valence-corrected chi connectivity index (χ0v) is 16.4. The number of nitrogens with one attached hydrogen (secondary N) is 1. The first-order valence-electron chi connectivity index (χ1n) is 8.49. The smallest absolute Gasteiger partial charge is 0.273 e. The number of aromatic nitrogens is 3. The number of halogens is 1. The van der Waals surface area contributed by atoms with Crippen LogP contribution in [0.1, 0.15) is 5.56 Å². The fourth-order valence-electron chi connectivity index (χ4n) is 2.83. The summed E-state index contributed by atoms with van der Waals surface area (Å²) in [7, 11) is 0. The molecule has 2 aromatic carbocycles. The number of amides is 1. The zero-order valence-electron chi connectivity index (χ0n) is 14.8. The lowest BCUT2D eigenvalue weighted by Crippen LogP contribution is -2.27. The maximum absolute atomic E-state index is 12.8. The largest absolute Gasteiger partial charge is 0.324 e. The molecule has 4 rings (SSSR count). The van der Waals surface area contributed by atoms with Crippen molar-refractivity contribution in [2.75, 3.05) is 5.32 Å². The highest BCUT2D eigenvalue weighted by molar-refractivity contribution is 7.13. The van der Waals surface area contributed by atoms with E-state index >= 15 is 0 Å². The number of nitrogens with zero attached hydrogens (tertiary/aromatic N) is 3. The van der Waals surface area contributed by atoms with Crippen LogP contribution in [-0.4, -0.2) is 19.8 Å². The average Bonchev–Trinajstić information content (AvgIpc) is 3.12. The van der Waals surface area contributed by atoms with Gasteiger partial charge in [0.1, 0.15) is 22.5 Å². The molecule has 0 aliphatic heterocycles. The van der Waals surface area contributed by atoms with Crippen LogP contribution in [0.25, 0.3) is 21.5 Å². The van der Waals surface area contributed by atoms with Crippen LogP contribution in [-0.2, 0) is 11.3 Å². The first kappa shape index (κ1) is 18.3. The number of benzene rings is 2. The van der Waals surface area contributed by atoms with Gasteiger partial charge in [0.05, 0.1) is 6.33 Å². The van der Waals surface area contributed by atoms with Gasteiger partial charge < -0.3 is 5.32 Å². The number of aryl methyl sites for hydroxylation is 1. The van der Waals surface area contributed by atoms with Crippen LogP contribution >= 0.6 is 23.1 Å². The van der Waals surface area contributed by atoms with E-state index in [0.717, 1.165) is 22.7 Å². The Balaban J connectivity index is 1.61. The molecular weight excluding hydrogens is 396 g/mol. The van der Waals surface area contributed by atoms with Crippen molar-refractivity contribution in [3.8, 4) is 11.3 Å². The molecule has 0 fully saturated rings. The highest BCUT2D eigenvalue weighted by Crippen LogP contribution is 2.27. The fraction of sp³-hybridized carbons (Fsp3) is 0.100. The van der Waals surface area contributed by atoms with Gasteiger partial charge in [-0.1, -0.05) is 48.0 Å². The summed E-state index contributed by atoms with van der Waals surface area (Å²) in [6.07, 6.45) is 1.38. The van der Waals surface area contributed by atoms with Gasteiger partial charge in [-0.15, -0.1) is 0 Å². The van der Waals surface area contributed by atoms with Crippen molar-refractivity contribution in [3.05, 3.63) is 75.8 Å². The molecular formula is C20H15ClN4O2S. The molecule has 0 saturated carbocycles. The maximum atomic E-state index is 12.8. The molecule has 0 saturated heterocycles. The van der Waals surface area contributed by atoms with Crippen LogP contribution in [0.5, 0.6) is 0 Å². The Morgan fingerprint density at radius 3 is 2.79 bits per heavy atom. The van der Waals surface area contributed by atoms with Crippen molar-refractivity contribution >= 4 is 44.9 Å². The molecule has 6 nitrogen and oxygen atoms in total. The monoisotopic (exact) mass is 410 g/mol. The van der Waals surface area contributed by atoms with Gasteiger partial charge >= 0.3 is 0 Å². The lowest BCUT2D eigenvalue weighted by molar-refractivity contribution is -0.116. The minimum Gasteiger partial charge on any atom is -0.324 e. The van der Waals surface area contributed by atoms with Crippen LogP contribution in [0, 0.1) is 6.92 Å². The van der Waals surface area contributed by atoms with Gasteiger partial charge in [0, 0.05) is 16.3 Å². The van der Waals surface area contributed by atoms with Crippen LogP contribution < -0.4 is 10.9 Å². The second-order valence-corrected chi connectivity index (χ2v) is 7.47. The van der Waals surface area contributed by atoms with Crippen LogP contribution in [0.15, 0.2) is 59.7 Å². The van der Waals surface area contributed by atoms with Crippen molar-refractivity contribution in [3.63, 3.8) is 0 Å². The quantitative estimate of drug-likeness (QED) is 0.549. The van der Waals surface area contributed by atoms with E-state index in [1.54, 1.807) is 12.1 Å². The van der Waals surface area contributed by atoms with Gasteiger partial charge in [0.2, 0.25) is 5.91 Å². The Labute approximate surface area is 169 Å². The first-order valence-corrected chi connectivity index (χ1v) is 9.64. The Bertz CT molecular complexity index is 1230. The third kappa shape index (κ3) is 3.54. The summed E-state index contributed by atoms with van der Waals surface area (Å²) in [6.45, 7) is 1.72. The Kier molecular flexibility index (Phi) is 4.93. The minimum absolute atomic E-state index is 0.147. The predicted molar refractivity (Wildman–Crippen MR) is 112 cm³/mol. The molecule has 0 radical (unpaired) electrons. The molecule has 2 aromatic heterocycles. The maximum Gasteiger partial charge on any atom is 0.273 e. The van der Waals surface area contributed by atoms with E-state index in [2.05, 4.69) is 14.7 Å². The van der Waals surface area contributed by atoms with Gasteiger partial charge in [-0.2, -0.15) is 4.37 Å². The van der Waals surface area contributed by atoms with E-state index < -0.39 is 0 Å². The molecule has 0 bridgehead atoms. The molecule has 0 unspecified atom stereocenters. The third-order valence-electron chi connectivity index (χ3n) is 4.28. The number of carbonyl (C=O) groups excluding carboxylic acids is 1. The lowest BCUT2D eigenvalue weighted by atomic mass is 10.1. The highest BCUT2D eigenvalue weighted by Gasteiger charge is 2.15. The molecule has 2 heterocycles. The number of hydrogen-bond donors (Lipinski definition) is 1. The number of rotatable bonds is 4. The molecule has 0 aliphatic carbocycles. The van der Waals surface area contributed by atoms with Crippen LogP contribution in [0.3, 0.4) is 0 Å². The fourth-order valence-corrected chi connectivity index (χ4v) is 3.80. The summed E-state index contributed by atoms with van der Waals surface area (Å²) >= 11 is 7.07. The summed E-state index contributed by atoms with van der Waals surface area (Å²) < 4.78 is 6.09. The van der Waals surface area contributed by atoms with Crippen molar-refractivity contribution in [1.29, 1.82) is 0 Å². The summed E-state index contributed by atoms with van der Waals surface area (Å²) in [5.41, 5.74) is 3.32. The SMILES string of the molecule is Cc1ccc(Cl)cc1NC(=O)Cn1cnc2c(-c3ccccc3)nsc2c1=O. The number of hydrogen-bond acceptors (Lipinski definition) is 5. The van der Waals surface area contributed by atoms with Gasteiger partial charge in [0.15, 0.2) is 0 Å². The highest BCUT2D eigenvalue weighted by atomic mass is 35.5. The Hall–Kier alpha value is -3.03. The Morgan fingerprint density at radius 1 is 1.21 bits per heavy atom. The van der Waals surface area contributed by atoms with E-state index in [1.807, 2.05) is 43.3 Å². The molecule has 0 aliphatic rings. The second-order valence-electron chi connectivity index (χ2n) is 6.26. The van der Waals surface area contributed by atoms with Gasteiger partial charge in [-0.05, 0) is 36.2 Å². The molecule has 0 atom stereocenters. The van der Waals surface area contributed by atoms with Crippen LogP contribution in [0.4, 0.5) is 5.69 Å². The van der Waals surface area contributed by atoms with E-state index in [4.69, 9.17) is 11.6 Å². The van der Waals surface area contributed by atoms with E-state index in [9.17, 15) is 9.59 Å². The topological polar surface area (TPSA) is 76.9 Å². The minimum atomic E-state index is -0.332. The number of carbonyl (C=O) groups is 1. The molecule has 4 aromatic rings. The Morgan fingerprint density at radius 2 is 2.00 bits per heavy atom. The lowest BCUT2D eigenvalue weighted by Gasteiger charge is -2.10. The predicted octanol–water partition coefficient (Wildman–Crippen LogP) is 4.12. The van der Waals surface area contributed by atoms with Gasteiger partial charge in [-0.3, -0.25) is 14.2 Å². The van der Waals surface area contributed by atoms with E-state index in [0.29, 0.717) is 26.6 Å². The normalized spacial score (nSPS) is 10.9.